The van der Waals surface area contributed by atoms with Gasteiger partial charge in [-0.05, 0) is 55.5 Å². The van der Waals surface area contributed by atoms with Crippen LogP contribution in [0, 0.1) is 0 Å². The maximum atomic E-state index is 13.0. The molecule has 0 heterocycles. The molecule has 34 heavy (non-hydrogen) atoms. The van der Waals surface area contributed by atoms with Gasteiger partial charge in [-0.15, -0.1) is 0 Å². The van der Waals surface area contributed by atoms with Crippen molar-refractivity contribution in [2.45, 2.75) is 6.92 Å². The second-order valence-corrected chi connectivity index (χ2v) is 7.23. The molecule has 0 aromatic heterocycles. The van der Waals surface area contributed by atoms with Crippen LogP contribution in [-0.4, -0.2) is 17.7 Å². The molecule has 3 rings (SSSR count). The van der Waals surface area contributed by atoms with Gasteiger partial charge in [0.25, 0.3) is 17.7 Å². The molecule has 0 unspecified atom stereocenters. The number of amides is 3. The van der Waals surface area contributed by atoms with Gasteiger partial charge in [0.15, 0.2) is 0 Å². The van der Waals surface area contributed by atoms with Crippen molar-refractivity contribution in [1.29, 1.82) is 0 Å². The first-order valence-electron chi connectivity index (χ1n) is 10.6. The summed E-state index contributed by atoms with van der Waals surface area (Å²) in [6, 6.07) is 22.3. The van der Waals surface area contributed by atoms with Gasteiger partial charge in [-0.3, -0.25) is 14.4 Å². The minimum Gasteiger partial charge on any atom is -0.322 e. The SMILES string of the molecule is C=C/C=C\C(=C/C)NC(=O)c1cc(C(=O)Nc2ccccc2)cc(C(=O)Nc2ccccc2)c1. The molecule has 3 aromatic rings. The van der Waals surface area contributed by atoms with Crippen molar-refractivity contribution < 1.29 is 14.4 Å². The lowest BCUT2D eigenvalue weighted by Gasteiger charge is -2.12. The van der Waals surface area contributed by atoms with Gasteiger partial charge in [0.05, 0.1) is 0 Å². The van der Waals surface area contributed by atoms with E-state index in [1.807, 2.05) is 12.1 Å². The zero-order valence-electron chi connectivity index (χ0n) is 18.7. The minimum atomic E-state index is -0.454. The van der Waals surface area contributed by atoms with Crippen LogP contribution in [0.2, 0.25) is 0 Å². The highest BCUT2D eigenvalue weighted by Crippen LogP contribution is 2.16. The third kappa shape index (κ3) is 6.64. The predicted octanol–water partition coefficient (Wildman–Crippen LogP) is 5.57. The molecule has 6 nitrogen and oxygen atoms in total. The standard InChI is InChI=1S/C28H25N3O3/c1-3-5-12-23(4-2)29-26(32)20-17-21(27(33)30-24-13-8-6-9-14-24)19-22(18-20)28(34)31-25-15-10-7-11-16-25/h3-19H,1H2,2H3,(H,29,32)(H,30,33)(H,31,34)/b12-5-,23-4+. The predicted molar refractivity (Wildman–Crippen MR) is 136 cm³/mol. The fourth-order valence-electron chi connectivity index (χ4n) is 3.06. The largest absolute Gasteiger partial charge is 0.322 e. The number of anilines is 2. The number of nitrogens with one attached hydrogen (secondary N) is 3. The minimum absolute atomic E-state index is 0.172. The van der Waals surface area contributed by atoms with Gasteiger partial charge in [-0.2, -0.15) is 0 Å². The van der Waals surface area contributed by atoms with Gasteiger partial charge in [-0.1, -0.05) is 61.2 Å². The Morgan fingerprint density at radius 2 is 1.15 bits per heavy atom. The average molecular weight is 452 g/mol. The monoisotopic (exact) mass is 451 g/mol. The van der Waals surface area contributed by atoms with E-state index in [1.165, 1.54) is 18.2 Å². The van der Waals surface area contributed by atoms with Gasteiger partial charge in [0.2, 0.25) is 0 Å². The highest BCUT2D eigenvalue weighted by Gasteiger charge is 2.17. The summed E-state index contributed by atoms with van der Waals surface area (Å²) in [5.41, 5.74) is 2.29. The first-order chi connectivity index (χ1) is 16.5. The highest BCUT2D eigenvalue weighted by molar-refractivity contribution is 6.11. The van der Waals surface area contributed by atoms with E-state index < -0.39 is 17.7 Å². The van der Waals surface area contributed by atoms with E-state index in [4.69, 9.17) is 0 Å². The fourth-order valence-corrected chi connectivity index (χ4v) is 3.06. The summed E-state index contributed by atoms with van der Waals surface area (Å²) in [7, 11) is 0. The van der Waals surface area contributed by atoms with Crippen LogP contribution >= 0.6 is 0 Å². The van der Waals surface area contributed by atoms with E-state index >= 15 is 0 Å². The van der Waals surface area contributed by atoms with Crippen LogP contribution in [-0.2, 0) is 0 Å². The molecule has 0 aliphatic carbocycles. The second kappa shape index (κ2) is 11.8. The number of hydrogen-bond acceptors (Lipinski definition) is 3. The molecule has 0 aliphatic heterocycles. The summed E-state index contributed by atoms with van der Waals surface area (Å²) < 4.78 is 0. The van der Waals surface area contributed by atoms with E-state index in [0.717, 1.165) is 0 Å². The van der Waals surface area contributed by atoms with Crippen LogP contribution in [0.1, 0.15) is 38.0 Å². The summed E-state index contributed by atoms with van der Waals surface area (Å²) in [6.45, 7) is 5.40. The number of hydrogen-bond donors (Lipinski definition) is 3. The van der Waals surface area contributed by atoms with E-state index in [0.29, 0.717) is 17.1 Å². The Hall–Kier alpha value is -4.71. The van der Waals surface area contributed by atoms with E-state index in [-0.39, 0.29) is 16.7 Å². The number of rotatable bonds is 8. The van der Waals surface area contributed by atoms with Crippen molar-refractivity contribution in [3.8, 4) is 0 Å². The molecule has 0 radical (unpaired) electrons. The number of carbonyl (C=O) groups excluding carboxylic acids is 3. The summed E-state index contributed by atoms with van der Waals surface area (Å²) in [6.07, 6.45) is 6.71. The molecular formula is C28H25N3O3. The van der Waals surface area contributed by atoms with Gasteiger partial charge < -0.3 is 16.0 Å². The van der Waals surface area contributed by atoms with Gasteiger partial charge in [0.1, 0.15) is 0 Å². The highest BCUT2D eigenvalue weighted by atomic mass is 16.2. The van der Waals surface area contributed by atoms with E-state index in [1.54, 1.807) is 79.8 Å². The maximum absolute atomic E-state index is 13.0. The normalized spacial score (nSPS) is 11.0. The number of para-hydroxylation sites is 2. The third-order valence-corrected chi connectivity index (χ3v) is 4.76. The molecule has 0 bridgehead atoms. The first-order valence-corrected chi connectivity index (χ1v) is 10.6. The summed E-state index contributed by atoms with van der Waals surface area (Å²) in [5, 5.41) is 8.34. The van der Waals surface area contributed by atoms with Gasteiger partial charge in [-0.25, -0.2) is 0 Å². The van der Waals surface area contributed by atoms with Crippen molar-refractivity contribution in [3.63, 3.8) is 0 Å². The Morgan fingerprint density at radius 1 is 0.706 bits per heavy atom. The molecule has 3 amide bonds. The molecule has 0 saturated heterocycles. The quantitative estimate of drug-likeness (QED) is 0.392. The van der Waals surface area contributed by atoms with Crippen molar-refractivity contribution >= 4 is 29.1 Å². The third-order valence-electron chi connectivity index (χ3n) is 4.76. The molecule has 0 aliphatic rings. The molecule has 0 saturated carbocycles. The van der Waals surface area contributed by atoms with Crippen LogP contribution in [0.15, 0.2) is 115 Å². The van der Waals surface area contributed by atoms with Crippen LogP contribution in [0.5, 0.6) is 0 Å². The Kier molecular flexibility index (Phi) is 8.30. The summed E-state index contributed by atoms with van der Waals surface area (Å²) in [4.78, 5) is 38.8. The van der Waals surface area contributed by atoms with Gasteiger partial charge >= 0.3 is 0 Å². The molecule has 0 spiro atoms. The van der Waals surface area contributed by atoms with Crippen molar-refractivity contribution in [2.75, 3.05) is 10.6 Å². The van der Waals surface area contributed by atoms with Crippen molar-refractivity contribution in [3.05, 3.63) is 132 Å². The molecule has 3 aromatic carbocycles. The number of benzene rings is 3. The lowest BCUT2D eigenvalue weighted by molar-refractivity contribution is 0.0967. The number of allylic oxidation sites excluding steroid dienone is 4. The molecule has 0 atom stereocenters. The Bertz CT molecular complexity index is 1170. The maximum Gasteiger partial charge on any atom is 0.255 e. The summed E-state index contributed by atoms with van der Waals surface area (Å²) >= 11 is 0. The van der Waals surface area contributed by atoms with Crippen LogP contribution in [0.25, 0.3) is 0 Å². The molecular weight excluding hydrogens is 426 g/mol. The lowest BCUT2D eigenvalue weighted by Crippen LogP contribution is -2.24. The first kappa shape index (κ1) is 23.9. The fraction of sp³-hybridized carbons (Fsp3) is 0.0357. The lowest BCUT2D eigenvalue weighted by atomic mass is 10.0. The van der Waals surface area contributed by atoms with Crippen LogP contribution < -0.4 is 16.0 Å². The Labute approximate surface area is 198 Å². The van der Waals surface area contributed by atoms with E-state index in [2.05, 4.69) is 22.5 Å². The van der Waals surface area contributed by atoms with Gasteiger partial charge in [0, 0.05) is 33.8 Å². The average Bonchev–Trinajstić information content (AvgIpc) is 2.87. The topological polar surface area (TPSA) is 87.3 Å². The molecule has 0 fully saturated rings. The van der Waals surface area contributed by atoms with Crippen LogP contribution in [0.4, 0.5) is 11.4 Å². The summed E-state index contributed by atoms with van der Waals surface area (Å²) in [5.74, 6) is -1.33. The zero-order chi connectivity index (χ0) is 24.3. The smallest absolute Gasteiger partial charge is 0.255 e. The van der Waals surface area contributed by atoms with Crippen LogP contribution in [0.3, 0.4) is 0 Å². The molecule has 6 heteroatoms. The van der Waals surface area contributed by atoms with E-state index in [9.17, 15) is 14.4 Å². The zero-order valence-corrected chi connectivity index (χ0v) is 18.7. The number of carbonyl (C=O) groups is 3. The molecule has 170 valence electrons. The Morgan fingerprint density at radius 3 is 1.56 bits per heavy atom. The molecule has 3 N–H and O–H groups in total. The van der Waals surface area contributed by atoms with Crippen molar-refractivity contribution in [2.24, 2.45) is 0 Å². The second-order valence-electron chi connectivity index (χ2n) is 7.23. The van der Waals surface area contributed by atoms with Crippen molar-refractivity contribution in [1.82, 2.24) is 5.32 Å². The Balaban J connectivity index is 1.94.